The first-order valence-electron chi connectivity index (χ1n) is 7.20. The van der Waals surface area contributed by atoms with Crippen molar-refractivity contribution in [1.29, 1.82) is 0 Å². The van der Waals surface area contributed by atoms with E-state index < -0.39 is 15.6 Å². The van der Waals surface area contributed by atoms with Gasteiger partial charge in [-0.1, -0.05) is 11.6 Å². The Morgan fingerprint density at radius 1 is 1.55 bits per heavy atom. The lowest BCUT2D eigenvalue weighted by atomic mass is 9.80. The third kappa shape index (κ3) is 2.95. The normalized spacial score (nSPS) is 34.1. The molecule has 3 N–H and O–H groups in total. The molecule has 8 heteroatoms. The summed E-state index contributed by atoms with van der Waals surface area (Å²) in [4.78, 5) is 3.80. The first-order valence-corrected chi connectivity index (χ1v) is 9.13. The monoisotopic (exact) mass is 346 g/mol. The Labute approximate surface area is 134 Å². The van der Waals surface area contributed by atoms with E-state index in [1.807, 2.05) is 6.92 Å². The van der Waals surface area contributed by atoms with Gasteiger partial charge < -0.3 is 9.84 Å². The van der Waals surface area contributed by atoms with Crippen LogP contribution in [-0.4, -0.2) is 30.7 Å². The highest BCUT2D eigenvalue weighted by Crippen LogP contribution is 2.53. The van der Waals surface area contributed by atoms with Gasteiger partial charge in [-0.15, -0.1) is 0 Å². The van der Waals surface area contributed by atoms with Gasteiger partial charge in [0.1, 0.15) is 9.92 Å². The van der Waals surface area contributed by atoms with Crippen LogP contribution in [0.25, 0.3) is 0 Å². The fourth-order valence-corrected chi connectivity index (χ4v) is 4.49. The van der Waals surface area contributed by atoms with Crippen LogP contribution in [0.1, 0.15) is 26.2 Å². The number of nitrogens with two attached hydrogens (primary N) is 1. The number of rotatable bonds is 4. The predicted molar refractivity (Wildman–Crippen MR) is 81.1 cm³/mol. The number of aromatic nitrogens is 1. The van der Waals surface area contributed by atoms with E-state index in [-0.39, 0.29) is 15.8 Å². The third-order valence-electron chi connectivity index (χ3n) is 4.94. The Morgan fingerprint density at radius 2 is 2.27 bits per heavy atom. The molecule has 2 aliphatic rings. The van der Waals surface area contributed by atoms with Gasteiger partial charge in [-0.05, 0) is 50.0 Å². The van der Waals surface area contributed by atoms with Crippen LogP contribution in [0.15, 0.2) is 17.2 Å². The van der Waals surface area contributed by atoms with Crippen LogP contribution >= 0.6 is 11.6 Å². The second-order valence-corrected chi connectivity index (χ2v) is 8.53. The Balaban J connectivity index is 1.64. The molecular weight excluding hydrogens is 328 g/mol. The number of hydrogen-bond acceptors (Lipinski definition) is 5. The molecule has 3 rings (SSSR count). The van der Waals surface area contributed by atoms with Gasteiger partial charge in [-0.2, -0.15) is 0 Å². The standard InChI is InChI=1S/C14H19ClN2O4S/c1-14(18)5-8-2-10(14)3-9(8)7-21-13-12(15)4-11(6-17-13)22(16,19)20/h4,6,8-10,18H,2-3,5,7H2,1H3,(H2,16,19,20)/t8-,9+,10-,14+/m0/s1. The molecule has 0 unspecified atom stereocenters. The number of pyridine rings is 1. The molecule has 122 valence electrons. The van der Waals surface area contributed by atoms with Crippen LogP contribution in [-0.2, 0) is 10.0 Å². The summed E-state index contributed by atoms with van der Waals surface area (Å²) >= 11 is 6.00. The molecule has 2 saturated carbocycles. The molecule has 6 nitrogen and oxygen atoms in total. The van der Waals surface area contributed by atoms with Crippen molar-refractivity contribution in [3.63, 3.8) is 0 Å². The molecule has 2 fully saturated rings. The Hall–Kier alpha value is -0.890. The highest BCUT2D eigenvalue weighted by molar-refractivity contribution is 7.89. The number of ether oxygens (including phenoxy) is 1. The topological polar surface area (TPSA) is 103 Å². The summed E-state index contributed by atoms with van der Waals surface area (Å²) in [6.07, 6.45) is 3.91. The van der Waals surface area contributed by atoms with Crippen molar-refractivity contribution >= 4 is 21.6 Å². The molecule has 0 spiro atoms. The number of sulfonamides is 1. The third-order valence-corrected chi connectivity index (χ3v) is 6.09. The zero-order chi connectivity index (χ0) is 16.1. The van der Waals surface area contributed by atoms with Crippen molar-refractivity contribution in [1.82, 2.24) is 4.98 Å². The maximum Gasteiger partial charge on any atom is 0.239 e. The van der Waals surface area contributed by atoms with E-state index in [0.29, 0.717) is 24.4 Å². The second-order valence-electron chi connectivity index (χ2n) is 6.56. The first-order chi connectivity index (χ1) is 10.2. The van der Waals surface area contributed by atoms with Crippen LogP contribution in [0.3, 0.4) is 0 Å². The molecule has 0 saturated heterocycles. The lowest BCUT2D eigenvalue weighted by Gasteiger charge is -2.32. The minimum Gasteiger partial charge on any atom is -0.476 e. The van der Waals surface area contributed by atoms with Crippen LogP contribution in [0, 0.1) is 17.8 Å². The highest BCUT2D eigenvalue weighted by Gasteiger charge is 2.51. The molecule has 4 atom stereocenters. The summed E-state index contributed by atoms with van der Waals surface area (Å²) in [5, 5.41) is 15.3. The van der Waals surface area contributed by atoms with Gasteiger partial charge in [-0.25, -0.2) is 18.5 Å². The molecular formula is C14H19ClN2O4S. The molecule has 1 aromatic heterocycles. The summed E-state index contributed by atoms with van der Waals surface area (Å²) in [6.45, 7) is 2.37. The quantitative estimate of drug-likeness (QED) is 0.861. The van der Waals surface area contributed by atoms with Gasteiger partial charge in [0.2, 0.25) is 15.9 Å². The Bertz CT molecular complexity index is 692. The number of fused-ring (bicyclic) bond motifs is 2. The zero-order valence-electron chi connectivity index (χ0n) is 12.2. The summed E-state index contributed by atoms with van der Waals surface area (Å²) in [6, 6.07) is 1.24. The van der Waals surface area contributed by atoms with Crippen molar-refractivity contribution in [2.75, 3.05) is 6.61 Å². The van der Waals surface area contributed by atoms with E-state index in [4.69, 9.17) is 21.5 Å². The molecule has 2 bridgehead atoms. The highest BCUT2D eigenvalue weighted by atomic mass is 35.5. The maximum absolute atomic E-state index is 11.2. The predicted octanol–water partition coefficient (Wildman–Crippen LogP) is 1.56. The molecule has 0 aromatic carbocycles. The van der Waals surface area contributed by atoms with E-state index in [0.717, 1.165) is 25.5 Å². The van der Waals surface area contributed by atoms with Crippen LogP contribution in [0.5, 0.6) is 5.88 Å². The number of primary sulfonamides is 1. The number of halogens is 1. The lowest BCUT2D eigenvalue weighted by Crippen LogP contribution is -2.35. The second kappa shape index (κ2) is 5.33. The van der Waals surface area contributed by atoms with E-state index in [9.17, 15) is 13.5 Å². The fourth-order valence-electron chi connectivity index (χ4n) is 3.73. The molecule has 0 radical (unpaired) electrons. The lowest BCUT2D eigenvalue weighted by molar-refractivity contribution is -0.0121. The first kappa shape index (κ1) is 16.0. The summed E-state index contributed by atoms with van der Waals surface area (Å²) in [7, 11) is -3.82. The van der Waals surface area contributed by atoms with Crippen molar-refractivity contribution in [3.05, 3.63) is 17.3 Å². The minimum absolute atomic E-state index is 0.127. The van der Waals surface area contributed by atoms with Gasteiger partial charge in [0.25, 0.3) is 0 Å². The maximum atomic E-state index is 11.2. The van der Waals surface area contributed by atoms with Gasteiger partial charge in [-0.3, -0.25) is 0 Å². The van der Waals surface area contributed by atoms with Crippen molar-refractivity contribution in [3.8, 4) is 5.88 Å². The van der Waals surface area contributed by atoms with Crippen molar-refractivity contribution in [2.45, 2.75) is 36.7 Å². The fraction of sp³-hybridized carbons (Fsp3) is 0.643. The molecule has 0 amide bonds. The minimum atomic E-state index is -3.82. The van der Waals surface area contributed by atoms with Crippen LogP contribution in [0.4, 0.5) is 0 Å². The summed E-state index contributed by atoms with van der Waals surface area (Å²) in [5.41, 5.74) is -0.547. The van der Waals surface area contributed by atoms with Gasteiger partial charge in [0.05, 0.1) is 18.4 Å². The Morgan fingerprint density at radius 3 is 2.77 bits per heavy atom. The van der Waals surface area contributed by atoms with Crippen LogP contribution < -0.4 is 9.88 Å². The molecule has 22 heavy (non-hydrogen) atoms. The van der Waals surface area contributed by atoms with E-state index in [1.165, 1.54) is 6.07 Å². The summed E-state index contributed by atoms with van der Waals surface area (Å²) < 4.78 is 28.1. The van der Waals surface area contributed by atoms with E-state index in [1.54, 1.807) is 0 Å². The molecule has 0 aliphatic heterocycles. The SMILES string of the molecule is C[C@@]1(O)C[C@@H]2C[C@H]1C[C@@H]2COc1ncc(S(N)(=O)=O)cc1Cl. The molecule has 2 aliphatic carbocycles. The van der Waals surface area contributed by atoms with Crippen LogP contribution in [0.2, 0.25) is 5.02 Å². The van der Waals surface area contributed by atoms with Crippen molar-refractivity contribution < 1.29 is 18.3 Å². The molecule has 1 aromatic rings. The average molecular weight is 347 g/mol. The largest absolute Gasteiger partial charge is 0.476 e. The van der Waals surface area contributed by atoms with Gasteiger partial charge >= 0.3 is 0 Å². The molecule has 1 heterocycles. The number of aliphatic hydroxyl groups is 1. The summed E-state index contributed by atoms with van der Waals surface area (Å²) in [5.74, 6) is 1.38. The van der Waals surface area contributed by atoms with Crippen molar-refractivity contribution in [2.24, 2.45) is 22.9 Å². The smallest absolute Gasteiger partial charge is 0.239 e. The van der Waals surface area contributed by atoms with E-state index >= 15 is 0 Å². The van der Waals surface area contributed by atoms with Gasteiger partial charge in [0, 0.05) is 0 Å². The number of hydrogen-bond donors (Lipinski definition) is 2. The number of nitrogens with zero attached hydrogens (tertiary/aromatic N) is 1. The van der Waals surface area contributed by atoms with E-state index in [2.05, 4.69) is 4.98 Å². The Kier molecular flexibility index (Phi) is 3.87. The average Bonchev–Trinajstić information content (AvgIpc) is 2.91. The van der Waals surface area contributed by atoms with Gasteiger partial charge in [0.15, 0.2) is 0 Å². The zero-order valence-corrected chi connectivity index (χ0v) is 13.8.